The zero-order valence-electron chi connectivity index (χ0n) is 15.1. The molecule has 0 spiro atoms. The molecule has 1 aromatic carbocycles. The van der Waals surface area contributed by atoms with Crippen LogP contribution in [0.5, 0.6) is 0 Å². The minimum Gasteiger partial charge on any atom is -0.458 e. The second-order valence-corrected chi connectivity index (χ2v) is 7.29. The zero-order chi connectivity index (χ0) is 17.7. The van der Waals surface area contributed by atoms with E-state index >= 15 is 0 Å². The third kappa shape index (κ3) is 4.80. The number of ether oxygens (including phenoxy) is 1. The molecule has 3 nitrogen and oxygen atoms in total. The van der Waals surface area contributed by atoms with E-state index in [1.165, 1.54) is 13.3 Å². The van der Waals surface area contributed by atoms with E-state index < -0.39 is 5.97 Å². The first kappa shape index (κ1) is 18.4. The standard InChI is InChI=1S/C21H28O3/c1-14(2)18-11-10-15(3)12-20(18)24-21(23)19(16(4)22)13-17-8-6-5-7-9-17/h5-9,13-15,18,20H,10-12H2,1-4H3/b19-13+/t15-,18+,20+/m0/s1. The first-order valence-corrected chi connectivity index (χ1v) is 8.87. The topological polar surface area (TPSA) is 43.4 Å². The lowest BCUT2D eigenvalue weighted by Crippen LogP contribution is -2.36. The third-order valence-corrected chi connectivity index (χ3v) is 4.93. The van der Waals surface area contributed by atoms with E-state index in [0.717, 1.165) is 18.4 Å². The van der Waals surface area contributed by atoms with Crippen LogP contribution in [0, 0.1) is 17.8 Å². The Morgan fingerprint density at radius 2 is 1.83 bits per heavy atom. The third-order valence-electron chi connectivity index (χ3n) is 4.93. The Bertz CT molecular complexity index is 601. The highest BCUT2D eigenvalue weighted by molar-refractivity contribution is 6.19. The molecule has 0 aliphatic heterocycles. The fourth-order valence-electron chi connectivity index (χ4n) is 3.47. The summed E-state index contributed by atoms with van der Waals surface area (Å²) in [6.07, 6.45) is 4.66. The van der Waals surface area contributed by atoms with Crippen LogP contribution in [0.3, 0.4) is 0 Å². The van der Waals surface area contributed by atoms with Gasteiger partial charge in [0.2, 0.25) is 0 Å². The lowest BCUT2D eigenvalue weighted by Gasteiger charge is -2.36. The van der Waals surface area contributed by atoms with E-state index in [9.17, 15) is 9.59 Å². The molecule has 3 heteroatoms. The molecule has 24 heavy (non-hydrogen) atoms. The number of carbonyl (C=O) groups excluding carboxylic acids is 2. The minimum absolute atomic E-state index is 0.0974. The highest BCUT2D eigenvalue weighted by atomic mass is 16.5. The van der Waals surface area contributed by atoms with Crippen molar-refractivity contribution in [2.24, 2.45) is 17.8 Å². The molecular weight excluding hydrogens is 300 g/mol. The number of rotatable bonds is 5. The molecule has 130 valence electrons. The summed E-state index contributed by atoms with van der Waals surface area (Å²) in [5, 5.41) is 0. The van der Waals surface area contributed by atoms with Crippen molar-refractivity contribution in [2.75, 3.05) is 0 Å². The summed E-state index contributed by atoms with van der Waals surface area (Å²) in [4.78, 5) is 24.6. The number of hydrogen-bond acceptors (Lipinski definition) is 3. The first-order chi connectivity index (χ1) is 11.4. The summed E-state index contributed by atoms with van der Waals surface area (Å²) in [5.74, 6) is 0.644. The van der Waals surface area contributed by atoms with Crippen molar-refractivity contribution in [3.63, 3.8) is 0 Å². The summed E-state index contributed by atoms with van der Waals surface area (Å²) in [6, 6.07) is 9.41. The second-order valence-electron chi connectivity index (χ2n) is 7.29. The van der Waals surface area contributed by atoms with Crippen molar-refractivity contribution in [3.05, 3.63) is 41.5 Å². The summed E-state index contributed by atoms with van der Waals surface area (Å²) in [5.41, 5.74) is 0.957. The van der Waals surface area contributed by atoms with Gasteiger partial charge in [0.15, 0.2) is 5.78 Å². The monoisotopic (exact) mass is 328 g/mol. The second kappa shape index (κ2) is 8.27. The van der Waals surface area contributed by atoms with Crippen LogP contribution in [0.4, 0.5) is 0 Å². The number of carbonyl (C=O) groups is 2. The van der Waals surface area contributed by atoms with Crippen molar-refractivity contribution >= 4 is 17.8 Å². The van der Waals surface area contributed by atoms with Gasteiger partial charge in [0.25, 0.3) is 0 Å². The summed E-state index contributed by atoms with van der Waals surface area (Å²) >= 11 is 0. The Kier molecular flexibility index (Phi) is 6.36. The van der Waals surface area contributed by atoms with Crippen LogP contribution in [-0.2, 0) is 14.3 Å². The molecule has 1 saturated carbocycles. The highest BCUT2D eigenvalue weighted by Crippen LogP contribution is 2.35. The van der Waals surface area contributed by atoms with Gasteiger partial charge in [-0.1, -0.05) is 57.5 Å². The molecule has 1 aliphatic rings. The van der Waals surface area contributed by atoms with Gasteiger partial charge in [0, 0.05) is 0 Å². The van der Waals surface area contributed by atoms with Crippen LogP contribution in [0.2, 0.25) is 0 Å². The fraction of sp³-hybridized carbons (Fsp3) is 0.524. The molecule has 3 atom stereocenters. The van der Waals surface area contributed by atoms with Gasteiger partial charge in [-0.05, 0) is 49.2 Å². The van der Waals surface area contributed by atoms with Crippen molar-refractivity contribution in [1.82, 2.24) is 0 Å². The lowest BCUT2D eigenvalue weighted by atomic mass is 9.75. The van der Waals surface area contributed by atoms with E-state index in [1.807, 2.05) is 30.3 Å². The molecule has 0 N–H and O–H groups in total. The van der Waals surface area contributed by atoms with Crippen molar-refractivity contribution in [1.29, 1.82) is 0 Å². The van der Waals surface area contributed by atoms with Gasteiger partial charge in [-0.3, -0.25) is 4.79 Å². The number of hydrogen-bond donors (Lipinski definition) is 0. The maximum absolute atomic E-state index is 12.6. The van der Waals surface area contributed by atoms with Crippen molar-refractivity contribution in [2.45, 2.75) is 53.1 Å². The number of Topliss-reactive ketones (excluding diaryl/α,β-unsaturated/α-hetero) is 1. The van der Waals surface area contributed by atoms with E-state index in [2.05, 4.69) is 20.8 Å². The van der Waals surface area contributed by atoms with E-state index in [0.29, 0.717) is 17.8 Å². The Morgan fingerprint density at radius 1 is 1.17 bits per heavy atom. The van der Waals surface area contributed by atoms with Crippen LogP contribution in [0.25, 0.3) is 6.08 Å². The van der Waals surface area contributed by atoms with Gasteiger partial charge in [0.1, 0.15) is 11.7 Å². The van der Waals surface area contributed by atoms with Gasteiger partial charge in [-0.2, -0.15) is 0 Å². The number of esters is 1. The van der Waals surface area contributed by atoms with Crippen molar-refractivity contribution in [3.8, 4) is 0 Å². The Morgan fingerprint density at radius 3 is 2.42 bits per heavy atom. The van der Waals surface area contributed by atoms with Gasteiger partial charge in [0.05, 0.1) is 0 Å². The zero-order valence-corrected chi connectivity index (χ0v) is 15.1. The average Bonchev–Trinajstić information content (AvgIpc) is 2.53. The molecular formula is C21H28O3. The molecule has 0 unspecified atom stereocenters. The molecule has 2 rings (SSSR count). The van der Waals surface area contributed by atoms with Crippen molar-refractivity contribution < 1.29 is 14.3 Å². The van der Waals surface area contributed by atoms with Crippen LogP contribution < -0.4 is 0 Å². The Hall–Kier alpha value is -1.90. The Balaban J connectivity index is 2.18. The maximum atomic E-state index is 12.6. The molecule has 0 saturated heterocycles. The summed E-state index contributed by atoms with van der Waals surface area (Å²) in [7, 11) is 0. The highest BCUT2D eigenvalue weighted by Gasteiger charge is 2.34. The average molecular weight is 328 g/mol. The van der Waals surface area contributed by atoms with Gasteiger partial charge in [-0.15, -0.1) is 0 Å². The molecule has 1 aliphatic carbocycles. The molecule has 0 heterocycles. The van der Waals surface area contributed by atoms with E-state index in [-0.39, 0.29) is 17.5 Å². The molecule has 0 amide bonds. The van der Waals surface area contributed by atoms with Gasteiger partial charge in [-0.25, -0.2) is 4.79 Å². The van der Waals surface area contributed by atoms with Gasteiger partial charge < -0.3 is 4.74 Å². The van der Waals surface area contributed by atoms with Crippen LogP contribution >= 0.6 is 0 Å². The molecule has 1 aromatic rings. The maximum Gasteiger partial charge on any atom is 0.342 e. The fourth-order valence-corrected chi connectivity index (χ4v) is 3.47. The summed E-state index contributed by atoms with van der Waals surface area (Å²) in [6.45, 7) is 7.96. The molecule has 0 aromatic heterocycles. The predicted molar refractivity (Wildman–Crippen MR) is 96.3 cm³/mol. The van der Waals surface area contributed by atoms with Crippen LogP contribution in [0.1, 0.15) is 52.5 Å². The van der Waals surface area contributed by atoms with E-state index in [4.69, 9.17) is 4.74 Å². The number of benzene rings is 1. The largest absolute Gasteiger partial charge is 0.458 e. The molecule has 0 radical (unpaired) electrons. The van der Waals surface area contributed by atoms with E-state index in [1.54, 1.807) is 6.08 Å². The van der Waals surface area contributed by atoms with Gasteiger partial charge >= 0.3 is 5.97 Å². The molecule has 0 bridgehead atoms. The summed E-state index contributed by atoms with van der Waals surface area (Å²) < 4.78 is 5.80. The predicted octanol–water partition coefficient (Wildman–Crippen LogP) is 4.66. The first-order valence-electron chi connectivity index (χ1n) is 8.87. The molecule has 1 fully saturated rings. The lowest BCUT2D eigenvalue weighted by molar-refractivity contribution is -0.151. The number of ketones is 1. The van der Waals surface area contributed by atoms with Crippen LogP contribution in [0.15, 0.2) is 35.9 Å². The van der Waals surface area contributed by atoms with Crippen LogP contribution in [-0.4, -0.2) is 17.9 Å². The minimum atomic E-state index is -0.490. The smallest absolute Gasteiger partial charge is 0.342 e. The Labute approximate surface area is 145 Å². The SMILES string of the molecule is CC(=O)/C(=C\c1ccccc1)C(=O)O[C@@H]1C[C@@H](C)CC[C@@H]1C(C)C. The normalized spacial score (nSPS) is 24.7. The quantitative estimate of drug-likeness (QED) is 0.342.